The van der Waals surface area contributed by atoms with E-state index in [0.29, 0.717) is 0 Å². The topological polar surface area (TPSA) is 0 Å². The molecule has 0 atom stereocenters. The molecule has 0 heterocycles. The quantitative estimate of drug-likeness (QED) is 0.414. The first-order valence-electron chi connectivity index (χ1n) is 3.66. The first-order valence-corrected chi connectivity index (χ1v) is 6.36. The number of hydrogen-bond acceptors (Lipinski definition) is 0. The number of hydrogen-bond donors (Lipinski definition) is 0. The first-order chi connectivity index (χ1) is 4.70. The van der Waals surface area contributed by atoms with E-state index in [9.17, 15) is 0 Å². The highest BCUT2D eigenvalue weighted by atomic mass is 28.3. The van der Waals surface area contributed by atoms with Gasteiger partial charge in [-0.2, -0.15) is 0 Å². The fourth-order valence-electron chi connectivity index (χ4n) is 1.06. The molecule has 1 saturated carbocycles. The molecule has 1 aliphatic rings. The summed E-state index contributed by atoms with van der Waals surface area (Å²) in [6.45, 7) is 2.10. The highest BCUT2D eigenvalue weighted by molar-refractivity contribution is 6.93. The minimum atomic E-state index is -1.64. The Morgan fingerprint density at radius 2 is 1.90 bits per heavy atom. The van der Waals surface area contributed by atoms with Gasteiger partial charge in [0.05, 0.1) is 0 Å². The Hall–Kier alpha value is -0.663. The number of terminal acetylenes is 2. The van der Waals surface area contributed by atoms with Gasteiger partial charge in [0.25, 0.3) is 0 Å². The summed E-state index contributed by atoms with van der Waals surface area (Å²) < 4.78 is 0. The second-order valence-corrected chi connectivity index (χ2v) is 6.92. The van der Waals surface area contributed by atoms with Crippen molar-refractivity contribution in [1.29, 1.82) is 0 Å². The van der Waals surface area contributed by atoms with Crippen molar-refractivity contribution >= 4 is 8.07 Å². The Morgan fingerprint density at radius 1 is 1.40 bits per heavy atom. The third-order valence-corrected chi connectivity index (χ3v) is 4.70. The second-order valence-electron chi connectivity index (χ2n) is 3.27. The van der Waals surface area contributed by atoms with Crippen molar-refractivity contribution in [2.45, 2.75) is 25.4 Å². The second kappa shape index (κ2) is 2.52. The van der Waals surface area contributed by atoms with Crippen LogP contribution in [0, 0.1) is 29.9 Å². The van der Waals surface area contributed by atoms with Gasteiger partial charge in [-0.15, -0.1) is 23.9 Å². The molecular weight excluding hydrogens is 136 g/mol. The molecule has 0 nitrogen and oxygen atoms in total. The van der Waals surface area contributed by atoms with Gasteiger partial charge in [-0.3, -0.25) is 0 Å². The van der Waals surface area contributed by atoms with Crippen LogP contribution in [0.5, 0.6) is 0 Å². The fourth-order valence-corrected chi connectivity index (χ4v) is 2.94. The average molecular weight is 148 g/mol. The largest absolute Gasteiger partial charge is 0.213 e. The maximum absolute atomic E-state index is 5.36. The van der Waals surface area contributed by atoms with E-state index in [1.165, 1.54) is 12.8 Å². The summed E-state index contributed by atoms with van der Waals surface area (Å²) in [5, 5.41) is 0. The molecule has 0 unspecified atom stereocenters. The molecule has 1 aliphatic carbocycles. The molecule has 0 bridgehead atoms. The van der Waals surface area contributed by atoms with Gasteiger partial charge >= 0.3 is 0 Å². The zero-order valence-electron chi connectivity index (χ0n) is 6.35. The maximum atomic E-state index is 5.36. The third-order valence-electron chi connectivity index (χ3n) is 2.03. The normalized spacial score (nSPS) is 17.5. The van der Waals surface area contributed by atoms with Crippen molar-refractivity contribution in [2.24, 2.45) is 5.92 Å². The SMILES string of the molecule is C#C[Si](C)(C#C)CC1CC1. The van der Waals surface area contributed by atoms with Crippen LogP contribution in [0.15, 0.2) is 0 Å². The van der Waals surface area contributed by atoms with Crippen molar-refractivity contribution in [3.63, 3.8) is 0 Å². The van der Waals surface area contributed by atoms with Crippen LogP contribution in [-0.2, 0) is 0 Å². The minimum Gasteiger partial charge on any atom is -0.126 e. The van der Waals surface area contributed by atoms with Crippen LogP contribution < -0.4 is 0 Å². The van der Waals surface area contributed by atoms with E-state index < -0.39 is 8.07 Å². The lowest BCUT2D eigenvalue weighted by Crippen LogP contribution is -2.26. The summed E-state index contributed by atoms with van der Waals surface area (Å²) in [6.07, 6.45) is 13.4. The minimum absolute atomic E-state index is 0.878. The molecule has 0 saturated heterocycles. The molecule has 1 fully saturated rings. The van der Waals surface area contributed by atoms with E-state index in [0.717, 1.165) is 12.0 Å². The molecule has 10 heavy (non-hydrogen) atoms. The average Bonchev–Trinajstić information content (AvgIpc) is 2.72. The molecule has 0 amide bonds. The molecule has 0 aliphatic heterocycles. The first kappa shape index (κ1) is 7.44. The fraction of sp³-hybridized carbons (Fsp3) is 0.556. The molecule has 0 spiro atoms. The van der Waals surface area contributed by atoms with Gasteiger partial charge in [0.15, 0.2) is 0 Å². The Labute approximate surface area is 64.0 Å². The standard InChI is InChI=1S/C9H12Si/c1-4-10(3,5-2)8-9-6-7-9/h1-2,9H,6-8H2,3H3. The van der Waals surface area contributed by atoms with E-state index in [-0.39, 0.29) is 0 Å². The summed E-state index contributed by atoms with van der Waals surface area (Å²) >= 11 is 0. The molecule has 52 valence electrons. The molecule has 0 aromatic carbocycles. The zero-order valence-corrected chi connectivity index (χ0v) is 7.35. The van der Waals surface area contributed by atoms with Crippen molar-refractivity contribution in [1.82, 2.24) is 0 Å². The van der Waals surface area contributed by atoms with Gasteiger partial charge in [-0.1, -0.05) is 12.8 Å². The van der Waals surface area contributed by atoms with Crippen LogP contribution >= 0.6 is 0 Å². The lowest BCUT2D eigenvalue weighted by atomic mass is 10.5. The number of rotatable bonds is 2. The molecule has 0 aromatic heterocycles. The van der Waals surface area contributed by atoms with Gasteiger partial charge in [0.2, 0.25) is 8.07 Å². The summed E-state index contributed by atoms with van der Waals surface area (Å²) in [5.74, 6) is 0.878. The summed E-state index contributed by atoms with van der Waals surface area (Å²) in [4.78, 5) is 0. The monoisotopic (exact) mass is 148 g/mol. The van der Waals surface area contributed by atoms with Gasteiger partial charge < -0.3 is 0 Å². The van der Waals surface area contributed by atoms with Crippen LogP contribution in [0.1, 0.15) is 12.8 Å². The Kier molecular flexibility index (Phi) is 1.88. The van der Waals surface area contributed by atoms with Crippen molar-refractivity contribution in [3.05, 3.63) is 0 Å². The van der Waals surface area contributed by atoms with Crippen LogP contribution in [0.4, 0.5) is 0 Å². The van der Waals surface area contributed by atoms with E-state index in [1.54, 1.807) is 0 Å². The highest BCUT2D eigenvalue weighted by Crippen LogP contribution is 2.36. The van der Waals surface area contributed by atoms with Gasteiger partial charge in [-0.25, -0.2) is 0 Å². The lowest BCUT2D eigenvalue weighted by Gasteiger charge is -2.10. The molecule has 0 aromatic rings. The van der Waals surface area contributed by atoms with E-state index in [1.807, 2.05) is 0 Å². The van der Waals surface area contributed by atoms with Gasteiger partial charge in [-0.05, 0) is 18.5 Å². The van der Waals surface area contributed by atoms with Gasteiger partial charge in [0, 0.05) is 0 Å². The van der Waals surface area contributed by atoms with Crippen LogP contribution in [0.3, 0.4) is 0 Å². The Bertz CT molecular complexity index is 186. The zero-order chi connectivity index (χ0) is 7.61. The van der Waals surface area contributed by atoms with E-state index in [4.69, 9.17) is 12.8 Å². The van der Waals surface area contributed by atoms with E-state index >= 15 is 0 Å². The predicted molar refractivity (Wildman–Crippen MR) is 46.8 cm³/mol. The third kappa shape index (κ3) is 1.66. The summed E-state index contributed by atoms with van der Waals surface area (Å²) in [7, 11) is -1.64. The van der Waals surface area contributed by atoms with Crippen molar-refractivity contribution in [2.75, 3.05) is 0 Å². The summed E-state index contributed by atoms with van der Waals surface area (Å²) in [5.41, 5.74) is 5.60. The molecule has 0 radical (unpaired) electrons. The predicted octanol–water partition coefficient (Wildman–Crippen LogP) is 1.82. The molecule has 1 heteroatoms. The van der Waals surface area contributed by atoms with Crippen LogP contribution in [0.25, 0.3) is 0 Å². The van der Waals surface area contributed by atoms with Gasteiger partial charge in [0.1, 0.15) is 0 Å². The van der Waals surface area contributed by atoms with Crippen molar-refractivity contribution < 1.29 is 0 Å². The molecule has 1 rings (SSSR count). The van der Waals surface area contributed by atoms with E-state index in [2.05, 4.69) is 17.6 Å². The van der Waals surface area contributed by atoms with Crippen molar-refractivity contribution in [3.8, 4) is 23.9 Å². The molecular formula is C9H12Si. The van der Waals surface area contributed by atoms with Crippen LogP contribution in [0.2, 0.25) is 12.6 Å². The van der Waals surface area contributed by atoms with Crippen LogP contribution in [-0.4, -0.2) is 8.07 Å². The lowest BCUT2D eigenvalue weighted by molar-refractivity contribution is 0.959. The smallest absolute Gasteiger partial charge is 0.126 e. The Balaban J connectivity index is 2.49. The maximum Gasteiger partial charge on any atom is 0.213 e. The highest BCUT2D eigenvalue weighted by Gasteiger charge is 2.32. The molecule has 0 N–H and O–H groups in total. The summed E-state index contributed by atoms with van der Waals surface area (Å²) in [6, 6.07) is 1.15. The Morgan fingerprint density at radius 3 is 2.20 bits per heavy atom.